The molecule has 5 heteroatoms. The molecule has 1 saturated carbocycles. The van der Waals surface area contributed by atoms with Crippen molar-refractivity contribution < 1.29 is 4.74 Å². The Labute approximate surface area is 112 Å². The van der Waals surface area contributed by atoms with Crippen LogP contribution in [0, 0.1) is 0 Å². The van der Waals surface area contributed by atoms with Gasteiger partial charge >= 0.3 is 0 Å². The number of rotatable bonds is 4. The van der Waals surface area contributed by atoms with E-state index in [4.69, 9.17) is 4.74 Å². The van der Waals surface area contributed by atoms with Gasteiger partial charge in [0.2, 0.25) is 5.88 Å². The van der Waals surface area contributed by atoms with Crippen LogP contribution < -0.4 is 10.1 Å². The maximum Gasteiger partial charge on any atom is 0.213 e. The molecule has 0 spiro atoms. The molecule has 1 aliphatic rings. The molecular formula is C14H16N4O. The van der Waals surface area contributed by atoms with Crippen LogP contribution in [-0.4, -0.2) is 29.1 Å². The minimum atomic E-state index is 0.573. The van der Waals surface area contributed by atoms with Crippen molar-refractivity contribution >= 4 is 5.82 Å². The lowest BCUT2D eigenvalue weighted by atomic mass is 10.2. The molecule has 0 aliphatic heterocycles. The second-order valence-corrected chi connectivity index (χ2v) is 4.59. The fourth-order valence-electron chi connectivity index (χ4n) is 1.95. The number of pyridine rings is 1. The summed E-state index contributed by atoms with van der Waals surface area (Å²) in [7, 11) is 3.47. The monoisotopic (exact) mass is 256 g/mol. The average molecular weight is 256 g/mol. The molecule has 1 N–H and O–H groups in total. The molecular weight excluding hydrogens is 240 g/mol. The SMILES string of the molecule is CNc1cc(C2CC2)nc(-c2cccc(OC)n2)n1. The van der Waals surface area contributed by atoms with Gasteiger partial charge in [-0.25, -0.2) is 15.0 Å². The molecule has 0 unspecified atom stereocenters. The van der Waals surface area contributed by atoms with Crippen molar-refractivity contribution in [1.82, 2.24) is 15.0 Å². The summed E-state index contributed by atoms with van der Waals surface area (Å²) in [5.41, 5.74) is 1.83. The van der Waals surface area contributed by atoms with Crippen LogP contribution in [0.3, 0.4) is 0 Å². The van der Waals surface area contributed by atoms with E-state index < -0.39 is 0 Å². The summed E-state index contributed by atoms with van der Waals surface area (Å²) in [4.78, 5) is 13.5. The lowest BCUT2D eigenvalue weighted by molar-refractivity contribution is 0.398. The zero-order valence-electron chi connectivity index (χ0n) is 11.1. The lowest BCUT2D eigenvalue weighted by Crippen LogP contribution is -2.01. The van der Waals surface area contributed by atoms with E-state index in [9.17, 15) is 0 Å². The summed E-state index contributed by atoms with van der Waals surface area (Å²) >= 11 is 0. The van der Waals surface area contributed by atoms with Crippen molar-refractivity contribution in [2.45, 2.75) is 18.8 Å². The van der Waals surface area contributed by atoms with Gasteiger partial charge in [0.25, 0.3) is 0 Å². The van der Waals surface area contributed by atoms with E-state index in [1.54, 1.807) is 7.11 Å². The van der Waals surface area contributed by atoms with Gasteiger partial charge in [0.05, 0.1) is 7.11 Å². The summed E-state index contributed by atoms with van der Waals surface area (Å²) in [6, 6.07) is 7.62. The van der Waals surface area contributed by atoms with Crippen molar-refractivity contribution in [3.05, 3.63) is 30.0 Å². The van der Waals surface area contributed by atoms with Crippen molar-refractivity contribution in [2.24, 2.45) is 0 Å². The van der Waals surface area contributed by atoms with Gasteiger partial charge in [-0.05, 0) is 18.9 Å². The highest BCUT2D eigenvalue weighted by Crippen LogP contribution is 2.40. The maximum absolute atomic E-state index is 5.14. The molecule has 0 bridgehead atoms. The Kier molecular flexibility index (Phi) is 3.03. The van der Waals surface area contributed by atoms with E-state index in [-0.39, 0.29) is 0 Å². The molecule has 2 heterocycles. The first kappa shape index (κ1) is 11.9. The third-order valence-electron chi connectivity index (χ3n) is 3.16. The Morgan fingerprint density at radius 1 is 1.21 bits per heavy atom. The summed E-state index contributed by atoms with van der Waals surface area (Å²) in [5.74, 6) is 2.63. The van der Waals surface area contributed by atoms with E-state index in [1.165, 1.54) is 12.8 Å². The van der Waals surface area contributed by atoms with E-state index in [0.29, 0.717) is 17.6 Å². The molecule has 0 radical (unpaired) electrons. The zero-order chi connectivity index (χ0) is 13.2. The normalized spacial score (nSPS) is 14.2. The van der Waals surface area contributed by atoms with Gasteiger partial charge in [0.15, 0.2) is 5.82 Å². The molecule has 1 fully saturated rings. The standard InChI is InChI=1S/C14H16N4O/c1-15-12-8-11(9-6-7-9)17-14(18-12)10-4-3-5-13(16-10)19-2/h3-5,8-9H,6-7H2,1-2H3,(H,15,17,18). The van der Waals surface area contributed by atoms with Crippen LogP contribution in [0.4, 0.5) is 5.82 Å². The number of anilines is 1. The minimum absolute atomic E-state index is 0.573. The Morgan fingerprint density at radius 3 is 2.74 bits per heavy atom. The molecule has 5 nitrogen and oxygen atoms in total. The molecule has 0 saturated heterocycles. The topological polar surface area (TPSA) is 59.9 Å². The van der Waals surface area contributed by atoms with Gasteiger partial charge in [0, 0.05) is 30.8 Å². The van der Waals surface area contributed by atoms with E-state index in [2.05, 4.69) is 20.3 Å². The highest BCUT2D eigenvalue weighted by molar-refractivity contribution is 5.54. The molecule has 19 heavy (non-hydrogen) atoms. The first-order valence-electron chi connectivity index (χ1n) is 6.38. The number of aromatic nitrogens is 3. The van der Waals surface area contributed by atoms with Crippen LogP contribution in [0.25, 0.3) is 11.5 Å². The van der Waals surface area contributed by atoms with Crippen LogP contribution in [0.1, 0.15) is 24.5 Å². The minimum Gasteiger partial charge on any atom is -0.481 e. The summed E-state index contributed by atoms with van der Waals surface area (Å²) in [6.45, 7) is 0. The fourth-order valence-corrected chi connectivity index (χ4v) is 1.95. The predicted octanol–water partition coefficient (Wildman–Crippen LogP) is 2.47. The smallest absolute Gasteiger partial charge is 0.213 e. The summed E-state index contributed by atoms with van der Waals surface area (Å²) in [6.07, 6.45) is 2.43. The molecule has 3 rings (SSSR count). The van der Waals surface area contributed by atoms with Crippen molar-refractivity contribution in [3.63, 3.8) is 0 Å². The van der Waals surface area contributed by atoms with Gasteiger partial charge in [-0.2, -0.15) is 0 Å². The van der Waals surface area contributed by atoms with E-state index >= 15 is 0 Å². The van der Waals surface area contributed by atoms with Gasteiger partial charge in [-0.3, -0.25) is 0 Å². The Hall–Kier alpha value is -2.17. The summed E-state index contributed by atoms with van der Waals surface area (Å²) < 4.78 is 5.14. The number of nitrogens with zero attached hydrogens (tertiary/aromatic N) is 3. The largest absolute Gasteiger partial charge is 0.481 e. The van der Waals surface area contributed by atoms with E-state index in [0.717, 1.165) is 17.2 Å². The fraction of sp³-hybridized carbons (Fsp3) is 0.357. The second-order valence-electron chi connectivity index (χ2n) is 4.59. The number of methoxy groups -OCH3 is 1. The maximum atomic E-state index is 5.14. The molecule has 0 aromatic carbocycles. The summed E-state index contributed by atoms with van der Waals surface area (Å²) in [5, 5.41) is 3.08. The number of nitrogens with one attached hydrogen (secondary N) is 1. The van der Waals surface area contributed by atoms with Crippen LogP contribution in [0.5, 0.6) is 5.88 Å². The molecule has 0 amide bonds. The molecule has 1 aliphatic carbocycles. The molecule has 2 aromatic rings. The van der Waals surface area contributed by atoms with Gasteiger partial charge in [-0.15, -0.1) is 0 Å². The Bertz CT molecular complexity index is 596. The number of hydrogen-bond donors (Lipinski definition) is 1. The quantitative estimate of drug-likeness (QED) is 0.910. The van der Waals surface area contributed by atoms with Crippen LogP contribution >= 0.6 is 0 Å². The zero-order valence-corrected chi connectivity index (χ0v) is 11.1. The van der Waals surface area contributed by atoms with Crippen molar-refractivity contribution in [3.8, 4) is 17.4 Å². The van der Waals surface area contributed by atoms with Crippen LogP contribution in [-0.2, 0) is 0 Å². The van der Waals surface area contributed by atoms with Crippen molar-refractivity contribution in [2.75, 3.05) is 19.5 Å². The highest BCUT2D eigenvalue weighted by atomic mass is 16.5. The molecule has 98 valence electrons. The average Bonchev–Trinajstić information content (AvgIpc) is 3.31. The van der Waals surface area contributed by atoms with Gasteiger partial charge in [0.1, 0.15) is 11.5 Å². The lowest BCUT2D eigenvalue weighted by Gasteiger charge is -2.07. The Morgan fingerprint density at radius 2 is 2.05 bits per heavy atom. The van der Waals surface area contributed by atoms with Gasteiger partial charge < -0.3 is 10.1 Å². The first-order chi connectivity index (χ1) is 9.30. The Balaban J connectivity index is 2.04. The second kappa shape index (κ2) is 4.84. The molecule has 2 aromatic heterocycles. The first-order valence-corrected chi connectivity index (χ1v) is 6.38. The number of ether oxygens (including phenoxy) is 1. The van der Waals surface area contributed by atoms with Crippen LogP contribution in [0.2, 0.25) is 0 Å². The van der Waals surface area contributed by atoms with E-state index in [1.807, 2.05) is 31.3 Å². The van der Waals surface area contributed by atoms with Gasteiger partial charge in [-0.1, -0.05) is 6.07 Å². The highest BCUT2D eigenvalue weighted by Gasteiger charge is 2.26. The third-order valence-corrected chi connectivity index (χ3v) is 3.16. The van der Waals surface area contributed by atoms with Crippen molar-refractivity contribution in [1.29, 1.82) is 0 Å². The predicted molar refractivity (Wildman–Crippen MR) is 73.3 cm³/mol. The van der Waals surface area contributed by atoms with Crippen LogP contribution in [0.15, 0.2) is 24.3 Å². The number of hydrogen-bond acceptors (Lipinski definition) is 5. The third kappa shape index (κ3) is 2.50. The molecule has 0 atom stereocenters.